The van der Waals surface area contributed by atoms with E-state index >= 15 is 0 Å². The molecule has 0 radical (unpaired) electrons. The number of hydrogen-bond acceptors (Lipinski definition) is 26. The van der Waals surface area contributed by atoms with E-state index in [0.717, 1.165) is 0 Å². The first-order valence-corrected chi connectivity index (χ1v) is 38.6. The standard InChI is InChI=1S/C69H107N15O33S/c1-33(2)29-44(60(107)72-30-47(85)74-45(32-118-5)68(115)73-34(3)4)83-69(116)46-7-6-27-84(46)48(86)31-117-28-26-71-59(106)36(9-18-50(89)90)76-62(109)38(11-20-52(93)94)78-64(111)40(13-22-54(97)98)80-66(113)42(15-24-56(101)102)82-67(114)43(16-25-57(103)104)81-65(112)41(14-23-55(99)100)79-63(110)39(12-21-53(95)96)77-61(108)37(10-19-51(91)92)75-58(105)35(70)8-17-49(87)88/h33-46H,6-32,70H2,1-5H3,(H,71,106)(H,72,107)(H,73,115)(H,74,85)(H,75,105)(H,76,109)(H,77,108)(H,78,111)(H,79,110)(H,80,113)(H,81,112)(H,82,114)(H,83,116)(H,87,88)(H,89,90)(H,91,92)(H,93,94)(H,95,96)(H,97,98)(H,99,100)(H,101,102)(H,103,104)/t35-,36-,37-,38-,39-,40-,41-,42-,43-,44+,45?,46?/m1/s1. The zero-order chi connectivity index (χ0) is 89.6. The van der Waals surface area contributed by atoms with E-state index in [2.05, 4.69) is 69.1 Å². The molecule has 48 nitrogen and oxygen atoms in total. The summed E-state index contributed by atoms with van der Waals surface area (Å²) in [5.41, 5.74) is 5.73. The van der Waals surface area contributed by atoms with E-state index in [1.54, 1.807) is 34.0 Å². The predicted octanol–water partition coefficient (Wildman–Crippen LogP) is -6.88. The predicted molar refractivity (Wildman–Crippen MR) is 402 cm³/mol. The summed E-state index contributed by atoms with van der Waals surface area (Å²) in [6.07, 6.45) is -13.0. The van der Waals surface area contributed by atoms with Crippen molar-refractivity contribution >= 4 is 148 Å². The number of carboxylic acid groups (broad SMARTS) is 9. The molecule has 1 aliphatic heterocycles. The Bertz CT molecular complexity index is 3590. The molecule has 12 atom stereocenters. The van der Waals surface area contributed by atoms with Crippen molar-refractivity contribution in [3.8, 4) is 0 Å². The number of rotatable bonds is 61. The third kappa shape index (κ3) is 43.7. The lowest BCUT2D eigenvalue weighted by Gasteiger charge is -2.28. The average molecular weight is 1710 g/mol. The van der Waals surface area contributed by atoms with Crippen LogP contribution in [-0.4, -0.2) is 311 Å². The second-order valence-electron chi connectivity index (χ2n) is 27.7. The number of carboxylic acids is 9. The third-order valence-corrected chi connectivity index (χ3v) is 17.7. The molecule has 49 heteroatoms. The number of ether oxygens (including phenoxy) is 1. The molecule has 0 aliphatic carbocycles. The fourth-order valence-electron chi connectivity index (χ4n) is 11.1. The molecular weight excluding hydrogens is 1600 g/mol. The second-order valence-corrected chi connectivity index (χ2v) is 28.6. The lowest BCUT2D eigenvalue weighted by atomic mass is 10.0. The number of thioether (sulfide) groups is 1. The van der Waals surface area contributed by atoms with Gasteiger partial charge < -0.3 is 130 Å². The molecule has 0 bridgehead atoms. The molecule has 662 valence electrons. The Morgan fingerprint density at radius 1 is 0.373 bits per heavy atom. The lowest BCUT2D eigenvalue weighted by molar-refractivity contribution is -0.142. The molecule has 1 rings (SSSR count). The van der Waals surface area contributed by atoms with E-state index in [-0.39, 0.29) is 37.1 Å². The number of likely N-dealkylation sites (tertiary alicyclic amines) is 1. The van der Waals surface area contributed by atoms with Gasteiger partial charge in [0.15, 0.2) is 0 Å². The van der Waals surface area contributed by atoms with E-state index in [0.29, 0.717) is 6.42 Å². The molecule has 14 amide bonds. The molecule has 0 aromatic heterocycles. The minimum atomic E-state index is -2.18. The molecule has 24 N–H and O–H groups in total. The Morgan fingerprint density at radius 3 is 0.975 bits per heavy atom. The fraction of sp³-hybridized carbons (Fsp3) is 0.667. The van der Waals surface area contributed by atoms with Crippen molar-refractivity contribution in [3.05, 3.63) is 0 Å². The SMILES string of the molecule is CSCC(NC(=O)CNC(=O)[C@H](CC(C)C)NC(=O)C1CCCN1C(=O)COCCNC(=O)[C@@H](CCC(=O)O)NC(=O)[C@@H](CCC(=O)O)NC(=O)[C@@H](CCC(=O)O)NC(=O)[C@@H](CCC(=O)O)NC(=O)[C@@H](CCC(=O)O)NC(=O)[C@@H](CCC(=O)O)NC(=O)[C@@H](CCC(=O)O)NC(=O)[C@@H](CCC(=O)O)NC(=O)[C@H](N)CCC(=O)O)C(=O)NC(C)C. The van der Waals surface area contributed by atoms with Crippen molar-refractivity contribution in [1.82, 2.24) is 74.0 Å². The van der Waals surface area contributed by atoms with Gasteiger partial charge >= 0.3 is 53.7 Å². The summed E-state index contributed by atoms with van der Waals surface area (Å²) in [4.78, 5) is 298. The second kappa shape index (κ2) is 54.8. The van der Waals surface area contributed by atoms with Crippen LogP contribution < -0.4 is 74.9 Å². The molecule has 0 spiro atoms. The summed E-state index contributed by atoms with van der Waals surface area (Å²) in [7, 11) is 0. The van der Waals surface area contributed by atoms with Crippen LogP contribution in [0.3, 0.4) is 0 Å². The molecule has 1 fully saturated rings. The molecule has 118 heavy (non-hydrogen) atoms. The molecule has 0 aromatic rings. The highest BCUT2D eigenvalue weighted by molar-refractivity contribution is 7.98. The molecule has 0 aromatic carbocycles. The number of amides is 14. The summed E-state index contributed by atoms with van der Waals surface area (Å²) in [5.74, 6) is -29.8. The summed E-state index contributed by atoms with van der Waals surface area (Å²) in [6, 6.07) is -21.3. The van der Waals surface area contributed by atoms with Crippen molar-refractivity contribution in [1.29, 1.82) is 0 Å². The molecule has 0 saturated carbocycles. The van der Waals surface area contributed by atoms with Crippen molar-refractivity contribution in [2.45, 2.75) is 241 Å². The smallest absolute Gasteiger partial charge is 0.303 e. The molecule has 2 unspecified atom stereocenters. The minimum Gasteiger partial charge on any atom is -0.481 e. The Kier molecular flexibility index (Phi) is 48.4. The highest BCUT2D eigenvalue weighted by Gasteiger charge is 2.40. The van der Waals surface area contributed by atoms with Gasteiger partial charge in [0.2, 0.25) is 82.7 Å². The molecule has 1 aliphatic rings. The van der Waals surface area contributed by atoms with E-state index in [1.165, 1.54) is 16.7 Å². The third-order valence-electron chi connectivity index (χ3n) is 17.1. The van der Waals surface area contributed by atoms with Crippen LogP contribution in [0, 0.1) is 5.92 Å². The van der Waals surface area contributed by atoms with E-state index in [9.17, 15) is 151 Å². The lowest BCUT2D eigenvalue weighted by Crippen LogP contribution is -2.60. The van der Waals surface area contributed by atoms with Crippen LogP contribution >= 0.6 is 11.8 Å². The Morgan fingerprint density at radius 2 is 0.669 bits per heavy atom. The van der Waals surface area contributed by atoms with Crippen LogP contribution in [-0.2, 0) is 115 Å². The number of nitrogens with one attached hydrogen (secondary N) is 13. The summed E-state index contributed by atoms with van der Waals surface area (Å²) >= 11 is 1.31. The van der Waals surface area contributed by atoms with Gasteiger partial charge in [0, 0.05) is 82.7 Å². The Labute approximate surface area is 678 Å². The highest BCUT2D eigenvalue weighted by Crippen LogP contribution is 2.20. The van der Waals surface area contributed by atoms with Crippen molar-refractivity contribution < 1.29 is 161 Å². The van der Waals surface area contributed by atoms with Gasteiger partial charge in [-0.05, 0) is 103 Å². The number of carbonyl (C=O) groups is 23. The Hall–Kier alpha value is -11.9. The quantitative estimate of drug-likeness (QED) is 0.0252. The summed E-state index contributed by atoms with van der Waals surface area (Å²) in [5, 5.41) is 115. The fourth-order valence-corrected chi connectivity index (χ4v) is 11.6. The zero-order valence-corrected chi connectivity index (χ0v) is 66.2. The number of carbonyl (C=O) groups excluding carboxylic acids is 14. The first-order valence-electron chi connectivity index (χ1n) is 37.2. The van der Waals surface area contributed by atoms with Gasteiger partial charge in [-0.25, -0.2) is 0 Å². The van der Waals surface area contributed by atoms with Crippen molar-refractivity contribution in [2.75, 3.05) is 44.9 Å². The molecule has 1 heterocycles. The van der Waals surface area contributed by atoms with Gasteiger partial charge in [0.1, 0.15) is 73.1 Å². The molecular formula is C69H107N15O33S. The van der Waals surface area contributed by atoms with Crippen molar-refractivity contribution in [2.24, 2.45) is 11.7 Å². The maximum absolute atomic E-state index is 14.2. The van der Waals surface area contributed by atoms with E-state index in [1.807, 2.05) is 0 Å². The maximum Gasteiger partial charge on any atom is 0.303 e. The van der Waals surface area contributed by atoms with Crippen LogP contribution in [0.4, 0.5) is 0 Å². The number of nitrogens with two attached hydrogens (primary N) is 1. The van der Waals surface area contributed by atoms with Crippen LogP contribution in [0.25, 0.3) is 0 Å². The van der Waals surface area contributed by atoms with Gasteiger partial charge in [-0.3, -0.25) is 110 Å². The van der Waals surface area contributed by atoms with Crippen LogP contribution in [0.1, 0.15) is 163 Å². The van der Waals surface area contributed by atoms with Gasteiger partial charge in [-0.1, -0.05) is 13.8 Å². The van der Waals surface area contributed by atoms with Crippen molar-refractivity contribution in [3.63, 3.8) is 0 Å². The van der Waals surface area contributed by atoms with Crippen LogP contribution in [0.5, 0.6) is 0 Å². The number of nitrogens with zero attached hydrogens (tertiary/aromatic N) is 1. The highest BCUT2D eigenvalue weighted by atomic mass is 32.2. The van der Waals surface area contributed by atoms with E-state index < -0.39 is 351 Å². The van der Waals surface area contributed by atoms with Gasteiger partial charge in [0.05, 0.1) is 19.2 Å². The first kappa shape index (κ1) is 104. The minimum absolute atomic E-state index is 0.0856. The molecule has 1 saturated heterocycles. The zero-order valence-electron chi connectivity index (χ0n) is 65.4. The summed E-state index contributed by atoms with van der Waals surface area (Å²) < 4.78 is 5.48. The van der Waals surface area contributed by atoms with Crippen LogP contribution in [0.2, 0.25) is 0 Å². The van der Waals surface area contributed by atoms with E-state index in [4.69, 9.17) is 15.6 Å². The van der Waals surface area contributed by atoms with Crippen LogP contribution in [0.15, 0.2) is 0 Å². The van der Waals surface area contributed by atoms with Gasteiger partial charge in [-0.2, -0.15) is 11.8 Å². The normalized spacial score (nSPS) is 15.1. The van der Waals surface area contributed by atoms with Gasteiger partial charge in [-0.15, -0.1) is 0 Å². The maximum atomic E-state index is 14.2. The number of aliphatic carboxylic acids is 9. The Balaban J connectivity index is 3.52. The average Bonchev–Trinajstić information content (AvgIpc) is 1.68. The van der Waals surface area contributed by atoms with Gasteiger partial charge in [0.25, 0.3) is 0 Å². The number of hydrogen-bond donors (Lipinski definition) is 23. The monoisotopic (exact) mass is 1710 g/mol. The topological polar surface area (TPSA) is 770 Å². The largest absolute Gasteiger partial charge is 0.481 e. The first-order chi connectivity index (χ1) is 55.2. The summed E-state index contributed by atoms with van der Waals surface area (Å²) in [6.45, 7) is 5.05.